The second-order valence-corrected chi connectivity index (χ2v) is 6.85. The first-order valence-corrected chi connectivity index (χ1v) is 8.73. The van der Waals surface area contributed by atoms with Crippen LogP contribution in [0.4, 0.5) is 17.6 Å². The van der Waals surface area contributed by atoms with Crippen LogP contribution in [0.1, 0.15) is 29.0 Å². The van der Waals surface area contributed by atoms with Gasteiger partial charge in [0.05, 0.1) is 5.56 Å². The molecule has 28 heavy (non-hydrogen) atoms. The van der Waals surface area contributed by atoms with Gasteiger partial charge in [-0.2, -0.15) is 13.2 Å². The standard InChI is InChI=1S/C19H16F4N4O/c1-10-24-16(12-4-6-13(20)7-5-12)26-17-14(8-9-27(10)17)18(28)25-15(11-2-3-11)19(21,22)23/h4-9,11,15H,2-3H2,1H3,(H,25,28). The summed E-state index contributed by atoms with van der Waals surface area (Å²) in [6, 6.07) is 5.06. The Kier molecular flexibility index (Phi) is 4.32. The Morgan fingerprint density at radius 2 is 1.86 bits per heavy atom. The molecule has 3 aromatic rings. The molecule has 9 heteroatoms. The van der Waals surface area contributed by atoms with Crippen molar-refractivity contribution in [1.82, 2.24) is 19.7 Å². The minimum absolute atomic E-state index is 0.0313. The Labute approximate surface area is 157 Å². The zero-order valence-electron chi connectivity index (χ0n) is 14.8. The van der Waals surface area contributed by atoms with Gasteiger partial charge in [-0.05, 0) is 56.0 Å². The summed E-state index contributed by atoms with van der Waals surface area (Å²) in [5.74, 6) is -1.07. The molecule has 1 atom stereocenters. The number of benzene rings is 1. The third-order valence-corrected chi connectivity index (χ3v) is 4.77. The van der Waals surface area contributed by atoms with Gasteiger partial charge in [0.2, 0.25) is 0 Å². The highest BCUT2D eigenvalue weighted by Gasteiger charge is 2.49. The quantitative estimate of drug-likeness (QED) is 0.685. The van der Waals surface area contributed by atoms with E-state index in [-0.39, 0.29) is 17.0 Å². The molecule has 4 rings (SSSR count). The van der Waals surface area contributed by atoms with Crippen molar-refractivity contribution in [2.75, 3.05) is 0 Å². The molecular formula is C19H16F4N4O. The molecule has 1 unspecified atom stereocenters. The highest BCUT2D eigenvalue weighted by atomic mass is 19.4. The summed E-state index contributed by atoms with van der Waals surface area (Å²) in [6.07, 6.45) is -2.09. The number of nitrogens with one attached hydrogen (secondary N) is 1. The average molecular weight is 392 g/mol. The molecule has 1 N–H and O–H groups in total. The van der Waals surface area contributed by atoms with Gasteiger partial charge in [0.1, 0.15) is 17.7 Å². The fourth-order valence-corrected chi connectivity index (χ4v) is 3.15. The lowest BCUT2D eigenvalue weighted by Gasteiger charge is -2.21. The van der Waals surface area contributed by atoms with E-state index in [2.05, 4.69) is 15.3 Å². The van der Waals surface area contributed by atoms with Crippen LogP contribution in [-0.4, -0.2) is 32.5 Å². The molecule has 1 aromatic carbocycles. The molecule has 2 heterocycles. The lowest BCUT2D eigenvalue weighted by molar-refractivity contribution is -0.158. The summed E-state index contributed by atoms with van der Waals surface area (Å²) >= 11 is 0. The maximum Gasteiger partial charge on any atom is 0.408 e. The molecule has 0 saturated heterocycles. The topological polar surface area (TPSA) is 59.3 Å². The Balaban J connectivity index is 1.71. The summed E-state index contributed by atoms with van der Waals surface area (Å²) in [4.78, 5) is 21.2. The fourth-order valence-electron chi connectivity index (χ4n) is 3.15. The van der Waals surface area contributed by atoms with Gasteiger partial charge >= 0.3 is 6.18 Å². The lowest BCUT2D eigenvalue weighted by Crippen LogP contribution is -2.46. The second kappa shape index (κ2) is 6.57. The number of hydrogen-bond donors (Lipinski definition) is 1. The number of aryl methyl sites for hydroxylation is 1. The van der Waals surface area contributed by atoms with E-state index >= 15 is 0 Å². The first kappa shape index (κ1) is 18.4. The highest BCUT2D eigenvalue weighted by molar-refractivity contribution is 6.00. The van der Waals surface area contributed by atoms with Gasteiger partial charge in [-0.25, -0.2) is 14.4 Å². The largest absolute Gasteiger partial charge is 0.408 e. The molecule has 1 aliphatic carbocycles. The average Bonchev–Trinajstić information content (AvgIpc) is 3.37. The number of nitrogens with zero attached hydrogens (tertiary/aromatic N) is 3. The summed E-state index contributed by atoms with van der Waals surface area (Å²) in [6.45, 7) is 1.69. The van der Waals surface area contributed by atoms with Crippen LogP contribution in [0.25, 0.3) is 17.0 Å². The molecular weight excluding hydrogens is 376 g/mol. The highest BCUT2D eigenvalue weighted by Crippen LogP contribution is 2.40. The van der Waals surface area contributed by atoms with E-state index in [0.29, 0.717) is 24.2 Å². The number of fused-ring (bicyclic) bond motifs is 1. The van der Waals surface area contributed by atoms with Crippen LogP contribution in [-0.2, 0) is 0 Å². The van der Waals surface area contributed by atoms with E-state index in [4.69, 9.17) is 0 Å². The summed E-state index contributed by atoms with van der Waals surface area (Å²) in [7, 11) is 0. The number of hydrogen-bond acceptors (Lipinski definition) is 3. The summed E-state index contributed by atoms with van der Waals surface area (Å²) in [5.41, 5.74) is 0.760. The van der Waals surface area contributed by atoms with Crippen molar-refractivity contribution in [2.24, 2.45) is 5.92 Å². The Morgan fingerprint density at radius 1 is 1.18 bits per heavy atom. The molecule has 5 nitrogen and oxygen atoms in total. The SMILES string of the molecule is Cc1nc(-c2ccc(F)cc2)nc2c(C(=O)NC(C3CC3)C(F)(F)F)ccn12. The molecule has 146 valence electrons. The van der Waals surface area contributed by atoms with Crippen LogP contribution >= 0.6 is 0 Å². The van der Waals surface area contributed by atoms with E-state index in [9.17, 15) is 22.4 Å². The van der Waals surface area contributed by atoms with Gasteiger partial charge in [0, 0.05) is 11.8 Å². The number of amides is 1. The smallest absolute Gasteiger partial charge is 0.340 e. The van der Waals surface area contributed by atoms with E-state index in [1.165, 1.54) is 40.9 Å². The molecule has 1 fully saturated rings. The maximum atomic E-state index is 13.2. The zero-order valence-corrected chi connectivity index (χ0v) is 14.8. The Morgan fingerprint density at radius 3 is 2.46 bits per heavy atom. The van der Waals surface area contributed by atoms with Crippen LogP contribution < -0.4 is 5.32 Å². The monoisotopic (exact) mass is 392 g/mol. The minimum Gasteiger partial charge on any atom is -0.340 e. The van der Waals surface area contributed by atoms with Gasteiger partial charge in [0.25, 0.3) is 5.91 Å². The van der Waals surface area contributed by atoms with Gasteiger partial charge in [0.15, 0.2) is 11.5 Å². The van der Waals surface area contributed by atoms with Crippen LogP contribution in [0.5, 0.6) is 0 Å². The van der Waals surface area contributed by atoms with Crippen molar-refractivity contribution >= 4 is 11.6 Å². The van der Waals surface area contributed by atoms with Crippen molar-refractivity contribution in [3.8, 4) is 11.4 Å². The number of alkyl halides is 3. The minimum atomic E-state index is -4.50. The first-order valence-electron chi connectivity index (χ1n) is 8.73. The Hall–Kier alpha value is -2.97. The van der Waals surface area contributed by atoms with Crippen LogP contribution in [0, 0.1) is 18.7 Å². The van der Waals surface area contributed by atoms with Crippen LogP contribution in [0.15, 0.2) is 36.5 Å². The number of rotatable bonds is 4. The second-order valence-electron chi connectivity index (χ2n) is 6.85. The molecule has 1 saturated carbocycles. The third kappa shape index (κ3) is 3.44. The summed E-state index contributed by atoms with van der Waals surface area (Å²) in [5, 5.41) is 2.11. The molecule has 2 aromatic heterocycles. The van der Waals surface area contributed by atoms with Gasteiger partial charge in [-0.1, -0.05) is 0 Å². The molecule has 0 spiro atoms. The van der Waals surface area contributed by atoms with E-state index in [1.807, 2.05) is 0 Å². The van der Waals surface area contributed by atoms with Crippen LogP contribution in [0.2, 0.25) is 0 Å². The van der Waals surface area contributed by atoms with Gasteiger partial charge < -0.3 is 5.32 Å². The number of carbonyl (C=O) groups excluding carboxylic acids is 1. The van der Waals surface area contributed by atoms with Crippen molar-refractivity contribution in [3.05, 3.63) is 53.7 Å². The van der Waals surface area contributed by atoms with E-state index in [1.54, 1.807) is 6.92 Å². The predicted molar refractivity (Wildman–Crippen MR) is 93.2 cm³/mol. The maximum absolute atomic E-state index is 13.2. The third-order valence-electron chi connectivity index (χ3n) is 4.77. The normalized spacial score (nSPS) is 15.6. The zero-order chi connectivity index (χ0) is 20.1. The lowest BCUT2D eigenvalue weighted by atomic mass is 10.1. The van der Waals surface area contributed by atoms with Crippen molar-refractivity contribution < 1.29 is 22.4 Å². The molecule has 1 aliphatic rings. The Bertz CT molecular complexity index is 1040. The first-order chi connectivity index (χ1) is 13.2. The number of halogens is 4. The number of aromatic nitrogens is 3. The summed E-state index contributed by atoms with van der Waals surface area (Å²) < 4.78 is 54.4. The van der Waals surface area contributed by atoms with E-state index < -0.39 is 29.9 Å². The molecule has 0 radical (unpaired) electrons. The molecule has 0 bridgehead atoms. The van der Waals surface area contributed by atoms with Crippen molar-refractivity contribution in [2.45, 2.75) is 32.0 Å². The van der Waals surface area contributed by atoms with Crippen molar-refractivity contribution in [1.29, 1.82) is 0 Å². The van der Waals surface area contributed by atoms with E-state index in [0.717, 1.165) is 0 Å². The molecule has 1 amide bonds. The van der Waals surface area contributed by atoms with Gasteiger partial charge in [-0.3, -0.25) is 9.20 Å². The van der Waals surface area contributed by atoms with Gasteiger partial charge in [-0.15, -0.1) is 0 Å². The van der Waals surface area contributed by atoms with Crippen molar-refractivity contribution in [3.63, 3.8) is 0 Å². The number of carbonyl (C=O) groups is 1. The predicted octanol–water partition coefficient (Wildman–Crippen LogP) is 3.91. The van der Waals surface area contributed by atoms with Crippen LogP contribution in [0.3, 0.4) is 0 Å². The fraction of sp³-hybridized carbons (Fsp3) is 0.316. The molecule has 0 aliphatic heterocycles.